The number of para-hydroxylation sites is 1. The molecule has 0 amide bonds. The van der Waals surface area contributed by atoms with Crippen molar-refractivity contribution < 1.29 is 0 Å². The molecule has 0 N–H and O–H groups in total. The summed E-state index contributed by atoms with van der Waals surface area (Å²) >= 11 is 6.12. The molecule has 7 heteroatoms. The number of pyridine rings is 1. The highest BCUT2D eigenvalue weighted by Gasteiger charge is 2.18. The Kier molecular flexibility index (Phi) is 5.20. The predicted molar refractivity (Wildman–Crippen MR) is 138 cm³/mol. The summed E-state index contributed by atoms with van der Waals surface area (Å²) in [7, 11) is 0. The number of aromatic nitrogens is 5. The van der Waals surface area contributed by atoms with E-state index in [0.717, 1.165) is 22.4 Å². The average Bonchev–Trinajstić information content (AvgIpc) is 3.35. The van der Waals surface area contributed by atoms with E-state index < -0.39 is 0 Å². The third kappa shape index (κ3) is 3.80. The molecule has 3 heterocycles. The standard InChI is InChI=1S/C28H18ClN5O/c29-22-12-14-23(15-13-22)33-26(20-10-8-19(9-11-20)21-5-4-16-30-17-21)32-27-25(28(33)35)18-31-34(27)24-6-2-1-3-7-24/h1-18H. The molecular formula is C28H18ClN5O. The van der Waals surface area contributed by atoms with Crippen molar-refractivity contribution in [2.24, 2.45) is 0 Å². The van der Waals surface area contributed by atoms with Crippen LogP contribution in [0.25, 0.3) is 44.9 Å². The Morgan fingerprint density at radius 2 is 1.43 bits per heavy atom. The van der Waals surface area contributed by atoms with Crippen LogP contribution in [0.1, 0.15) is 0 Å². The maximum Gasteiger partial charge on any atom is 0.269 e. The molecule has 6 nitrogen and oxygen atoms in total. The van der Waals surface area contributed by atoms with Gasteiger partial charge in [0.1, 0.15) is 11.2 Å². The van der Waals surface area contributed by atoms with E-state index in [1.54, 1.807) is 33.8 Å². The molecule has 35 heavy (non-hydrogen) atoms. The largest absolute Gasteiger partial charge is 0.269 e. The first kappa shape index (κ1) is 21.0. The van der Waals surface area contributed by atoms with Crippen molar-refractivity contribution in [2.45, 2.75) is 0 Å². The third-order valence-electron chi connectivity index (χ3n) is 5.82. The number of hydrogen-bond donors (Lipinski definition) is 0. The Morgan fingerprint density at radius 1 is 0.686 bits per heavy atom. The summed E-state index contributed by atoms with van der Waals surface area (Å²) < 4.78 is 3.30. The van der Waals surface area contributed by atoms with Crippen LogP contribution in [0, 0.1) is 0 Å². The molecule has 0 saturated carbocycles. The zero-order chi connectivity index (χ0) is 23.8. The van der Waals surface area contributed by atoms with Crippen LogP contribution < -0.4 is 5.56 Å². The van der Waals surface area contributed by atoms with Gasteiger partial charge in [0, 0.05) is 23.0 Å². The fourth-order valence-corrected chi connectivity index (χ4v) is 4.22. The minimum absolute atomic E-state index is 0.203. The molecule has 0 aliphatic heterocycles. The maximum absolute atomic E-state index is 13.8. The number of nitrogens with zero attached hydrogens (tertiary/aromatic N) is 5. The molecule has 0 aliphatic rings. The van der Waals surface area contributed by atoms with Gasteiger partial charge in [-0.1, -0.05) is 60.1 Å². The minimum Gasteiger partial charge on any atom is -0.268 e. The normalized spacial score (nSPS) is 11.1. The van der Waals surface area contributed by atoms with Crippen molar-refractivity contribution in [1.29, 1.82) is 0 Å². The van der Waals surface area contributed by atoms with Crippen molar-refractivity contribution in [3.8, 4) is 33.9 Å². The fraction of sp³-hybridized carbons (Fsp3) is 0. The number of benzene rings is 3. The molecule has 0 saturated heterocycles. The molecule has 0 radical (unpaired) electrons. The zero-order valence-electron chi connectivity index (χ0n) is 18.4. The van der Waals surface area contributed by atoms with E-state index in [1.807, 2.05) is 85.1 Å². The Balaban J connectivity index is 1.59. The zero-order valence-corrected chi connectivity index (χ0v) is 19.2. The van der Waals surface area contributed by atoms with Crippen molar-refractivity contribution in [3.05, 3.63) is 125 Å². The number of rotatable bonds is 4. The monoisotopic (exact) mass is 475 g/mol. The van der Waals surface area contributed by atoms with Crippen LogP contribution in [0.15, 0.2) is 114 Å². The van der Waals surface area contributed by atoms with Crippen LogP contribution in [-0.4, -0.2) is 24.3 Å². The van der Waals surface area contributed by atoms with Crippen molar-refractivity contribution >= 4 is 22.6 Å². The highest BCUT2D eigenvalue weighted by molar-refractivity contribution is 6.30. The lowest BCUT2D eigenvalue weighted by atomic mass is 10.1. The van der Waals surface area contributed by atoms with Crippen LogP contribution in [0.4, 0.5) is 0 Å². The third-order valence-corrected chi connectivity index (χ3v) is 6.08. The second-order valence-corrected chi connectivity index (χ2v) is 8.44. The minimum atomic E-state index is -0.203. The van der Waals surface area contributed by atoms with Gasteiger partial charge in [-0.15, -0.1) is 0 Å². The van der Waals surface area contributed by atoms with E-state index in [1.165, 1.54) is 0 Å². The van der Waals surface area contributed by atoms with Gasteiger partial charge in [-0.05, 0) is 53.6 Å². The molecule has 0 spiro atoms. The van der Waals surface area contributed by atoms with Gasteiger partial charge in [-0.3, -0.25) is 14.3 Å². The van der Waals surface area contributed by atoms with Gasteiger partial charge in [-0.25, -0.2) is 9.67 Å². The Labute approximate surface area is 205 Å². The van der Waals surface area contributed by atoms with Crippen molar-refractivity contribution in [3.63, 3.8) is 0 Å². The summed E-state index contributed by atoms with van der Waals surface area (Å²) in [5, 5.41) is 5.50. The fourth-order valence-electron chi connectivity index (χ4n) is 4.09. The van der Waals surface area contributed by atoms with Crippen LogP contribution in [0.2, 0.25) is 5.02 Å². The number of halogens is 1. The summed E-state index contributed by atoms with van der Waals surface area (Å²) in [6, 6.07) is 28.6. The Morgan fingerprint density at radius 3 is 2.14 bits per heavy atom. The summed E-state index contributed by atoms with van der Waals surface area (Å²) in [6.07, 6.45) is 5.14. The molecule has 0 fully saturated rings. The smallest absolute Gasteiger partial charge is 0.268 e. The summed E-state index contributed by atoms with van der Waals surface area (Å²) in [5.41, 5.74) is 4.64. The maximum atomic E-state index is 13.8. The van der Waals surface area contributed by atoms with Crippen molar-refractivity contribution in [1.82, 2.24) is 24.3 Å². The quantitative estimate of drug-likeness (QED) is 0.316. The first-order chi connectivity index (χ1) is 17.2. The highest BCUT2D eigenvalue weighted by Crippen LogP contribution is 2.27. The molecule has 6 aromatic rings. The second kappa shape index (κ2) is 8.66. The van der Waals surface area contributed by atoms with Gasteiger partial charge in [0.2, 0.25) is 0 Å². The van der Waals surface area contributed by atoms with Gasteiger partial charge in [0.05, 0.1) is 17.6 Å². The van der Waals surface area contributed by atoms with Crippen LogP contribution >= 0.6 is 11.6 Å². The predicted octanol–water partition coefficient (Wildman–Crippen LogP) is 5.95. The summed E-state index contributed by atoms with van der Waals surface area (Å²) in [5.74, 6) is 0.514. The van der Waals surface area contributed by atoms with Gasteiger partial charge >= 0.3 is 0 Å². The molecule has 3 aromatic carbocycles. The van der Waals surface area contributed by atoms with E-state index >= 15 is 0 Å². The molecule has 168 valence electrons. The molecule has 0 atom stereocenters. The summed E-state index contributed by atoms with van der Waals surface area (Å²) in [4.78, 5) is 22.9. The van der Waals surface area contributed by atoms with E-state index in [4.69, 9.17) is 16.6 Å². The van der Waals surface area contributed by atoms with Gasteiger partial charge in [-0.2, -0.15) is 5.10 Å². The number of hydrogen-bond acceptors (Lipinski definition) is 4. The molecule has 3 aromatic heterocycles. The van der Waals surface area contributed by atoms with Crippen LogP contribution in [0.3, 0.4) is 0 Å². The Bertz CT molecular complexity index is 1690. The van der Waals surface area contributed by atoms with Gasteiger partial charge in [0.25, 0.3) is 5.56 Å². The molecule has 0 unspecified atom stereocenters. The van der Waals surface area contributed by atoms with Crippen LogP contribution in [0.5, 0.6) is 0 Å². The van der Waals surface area contributed by atoms with Gasteiger partial charge in [0.15, 0.2) is 5.65 Å². The van der Waals surface area contributed by atoms with E-state index in [2.05, 4.69) is 10.1 Å². The molecule has 0 aliphatic carbocycles. The second-order valence-electron chi connectivity index (χ2n) is 8.00. The molecular weight excluding hydrogens is 458 g/mol. The first-order valence-electron chi connectivity index (χ1n) is 11.0. The van der Waals surface area contributed by atoms with E-state index in [9.17, 15) is 4.79 Å². The van der Waals surface area contributed by atoms with E-state index in [-0.39, 0.29) is 5.56 Å². The highest BCUT2D eigenvalue weighted by atomic mass is 35.5. The van der Waals surface area contributed by atoms with E-state index in [0.29, 0.717) is 27.6 Å². The van der Waals surface area contributed by atoms with Crippen molar-refractivity contribution in [2.75, 3.05) is 0 Å². The Hall–Kier alpha value is -4.55. The average molecular weight is 476 g/mol. The van der Waals surface area contributed by atoms with Crippen LogP contribution in [-0.2, 0) is 0 Å². The SMILES string of the molecule is O=c1c2cnn(-c3ccccc3)c2nc(-c2ccc(-c3cccnc3)cc2)n1-c1ccc(Cl)cc1. The number of fused-ring (bicyclic) bond motifs is 1. The van der Waals surface area contributed by atoms with Gasteiger partial charge < -0.3 is 0 Å². The summed E-state index contributed by atoms with van der Waals surface area (Å²) in [6.45, 7) is 0. The molecule has 6 rings (SSSR count). The lowest BCUT2D eigenvalue weighted by molar-refractivity contribution is 0.888. The lowest BCUT2D eigenvalue weighted by Crippen LogP contribution is -2.22. The first-order valence-corrected chi connectivity index (χ1v) is 11.4. The topological polar surface area (TPSA) is 65.6 Å². The molecule has 0 bridgehead atoms. The lowest BCUT2D eigenvalue weighted by Gasteiger charge is -2.14.